The van der Waals surface area contributed by atoms with Gasteiger partial charge in [-0.2, -0.15) is 0 Å². The molecule has 0 spiro atoms. The largest absolute Gasteiger partial charge is 0.492 e. The molecule has 0 radical (unpaired) electrons. The van der Waals surface area contributed by atoms with Gasteiger partial charge in [0.15, 0.2) is 0 Å². The van der Waals surface area contributed by atoms with Gasteiger partial charge in [0.2, 0.25) is 0 Å². The van der Waals surface area contributed by atoms with Crippen LogP contribution in [0.25, 0.3) is 0 Å². The Balaban J connectivity index is 1.56. The standard InChI is InChI=1S/C15H24N2O/c1-2-17-11-6-7-14(17)13-16-10-12-18-15-8-4-3-5-9-15/h3-5,8-9,14,16H,2,6-7,10-13H2,1H3. The zero-order valence-corrected chi connectivity index (χ0v) is 11.3. The van der Waals surface area contributed by atoms with Crippen LogP contribution in [0.1, 0.15) is 19.8 Å². The first kappa shape index (κ1) is 13.4. The highest BCUT2D eigenvalue weighted by Crippen LogP contribution is 2.15. The Kier molecular flexibility index (Phi) is 5.49. The van der Waals surface area contributed by atoms with E-state index in [-0.39, 0.29) is 0 Å². The Hall–Kier alpha value is -1.06. The first-order chi connectivity index (χ1) is 8.90. The van der Waals surface area contributed by atoms with E-state index in [4.69, 9.17) is 4.74 Å². The van der Waals surface area contributed by atoms with Crippen LogP contribution in [0.2, 0.25) is 0 Å². The van der Waals surface area contributed by atoms with Crippen molar-refractivity contribution in [3.63, 3.8) is 0 Å². The number of nitrogens with zero attached hydrogens (tertiary/aromatic N) is 1. The summed E-state index contributed by atoms with van der Waals surface area (Å²) < 4.78 is 5.65. The Morgan fingerprint density at radius 2 is 2.17 bits per heavy atom. The predicted molar refractivity (Wildman–Crippen MR) is 75.1 cm³/mol. The molecule has 0 amide bonds. The molecule has 1 aliphatic heterocycles. The second-order valence-electron chi connectivity index (χ2n) is 4.79. The van der Waals surface area contributed by atoms with Crippen LogP contribution in [0.3, 0.4) is 0 Å². The predicted octanol–water partition coefficient (Wildman–Crippen LogP) is 2.14. The molecule has 0 saturated carbocycles. The zero-order valence-electron chi connectivity index (χ0n) is 11.3. The Bertz CT molecular complexity index is 329. The lowest BCUT2D eigenvalue weighted by atomic mass is 10.2. The second kappa shape index (κ2) is 7.39. The molecule has 0 aliphatic carbocycles. The Labute approximate surface area is 110 Å². The van der Waals surface area contributed by atoms with Crippen LogP contribution in [0.15, 0.2) is 30.3 Å². The second-order valence-corrected chi connectivity index (χ2v) is 4.79. The molecule has 1 aliphatic rings. The van der Waals surface area contributed by atoms with E-state index in [1.807, 2.05) is 30.3 Å². The summed E-state index contributed by atoms with van der Waals surface area (Å²) in [5, 5.41) is 3.50. The topological polar surface area (TPSA) is 24.5 Å². The zero-order chi connectivity index (χ0) is 12.6. The van der Waals surface area contributed by atoms with Gasteiger partial charge in [-0.1, -0.05) is 25.1 Å². The van der Waals surface area contributed by atoms with Crippen LogP contribution in [0.4, 0.5) is 0 Å². The first-order valence-corrected chi connectivity index (χ1v) is 7.02. The Morgan fingerprint density at radius 1 is 1.33 bits per heavy atom. The normalized spacial score (nSPS) is 20.2. The number of hydrogen-bond acceptors (Lipinski definition) is 3. The molecular weight excluding hydrogens is 224 g/mol. The van der Waals surface area contributed by atoms with Crippen molar-refractivity contribution in [1.29, 1.82) is 0 Å². The lowest BCUT2D eigenvalue weighted by Gasteiger charge is -2.22. The molecule has 1 aromatic carbocycles. The molecule has 1 aromatic rings. The molecule has 100 valence electrons. The fraction of sp³-hybridized carbons (Fsp3) is 0.600. The summed E-state index contributed by atoms with van der Waals surface area (Å²) in [5.74, 6) is 0.954. The monoisotopic (exact) mass is 248 g/mol. The molecule has 1 unspecified atom stereocenters. The third kappa shape index (κ3) is 4.00. The molecule has 18 heavy (non-hydrogen) atoms. The van der Waals surface area contributed by atoms with E-state index in [0.717, 1.165) is 31.5 Å². The molecule has 1 N–H and O–H groups in total. The van der Waals surface area contributed by atoms with Gasteiger partial charge in [-0.05, 0) is 38.1 Å². The fourth-order valence-electron chi connectivity index (χ4n) is 2.57. The van der Waals surface area contributed by atoms with E-state index in [1.165, 1.54) is 25.9 Å². The van der Waals surface area contributed by atoms with Crippen LogP contribution in [-0.4, -0.2) is 43.7 Å². The molecule has 1 atom stereocenters. The summed E-state index contributed by atoms with van der Waals surface area (Å²) >= 11 is 0. The minimum atomic E-state index is 0.728. The molecule has 2 rings (SSSR count). The summed E-state index contributed by atoms with van der Waals surface area (Å²) in [6, 6.07) is 10.7. The molecule has 0 bridgehead atoms. The fourth-order valence-corrected chi connectivity index (χ4v) is 2.57. The van der Waals surface area contributed by atoms with Crippen LogP contribution >= 0.6 is 0 Å². The molecule has 0 aromatic heterocycles. The molecule has 3 heteroatoms. The van der Waals surface area contributed by atoms with Crippen molar-refractivity contribution in [1.82, 2.24) is 10.2 Å². The van der Waals surface area contributed by atoms with E-state index in [2.05, 4.69) is 17.1 Å². The number of likely N-dealkylation sites (tertiary alicyclic amines) is 1. The average Bonchev–Trinajstić information content (AvgIpc) is 2.87. The first-order valence-electron chi connectivity index (χ1n) is 7.02. The van der Waals surface area contributed by atoms with Gasteiger partial charge in [-0.25, -0.2) is 0 Å². The van der Waals surface area contributed by atoms with Gasteiger partial charge in [0.25, 0.3) is 0 Å². The highest BCUT2D eigenvalue weighted by atomic mass is 16.5. The minimum absolute atomic E-state index is 0.728. The Morgan fingerprint density at radius 3 is 2.94 bits per heavy atom. The quantitative estimate of drug-likeness (QED) is 0.748. The number of ether oxygens (including phenoxy) is 1. The summed E-state index contributed by atoms with van der Waals surface area (Å²) in [6.45, 7) is 7.44. The molecule has 1 fully saturated rings. The SMILES string of the molecule is CCN1CCCC1CNCCOc1ccccc1. The number of para-hydroxylation sites is 1. The van der Waals surface area contributed by atoms with Crippen molar-refractivity contribution in [3.8, 4) is 5.75 Å². The van der Waals surface area contributed by atoms with Gasteiger partial charge in [0.05, 0.1) is 0 Å². The molecule has 1 saturated heterocycles. The maximum atomic E-state index is 5.65. The highest BCUT2D eigenvalue weighted by Gasteiger charge is 2.21. The van der Waals surface area contributed by atoms with E-state index in [0.29, 0.717) is 0 Å². The lowest BCUT2D eigenvalue weighted by Crippen LogP contribution is -2.38. The summed E-state index contributed by atoms with van der Waals surface area (Å²) in [6.07, 6.45) is 2.68. The van der Waals surface area contributed by atoms with Crippen molar-refractivity contribution in [3.05, 3.63) is 30.3 Å². The summed E-state index contributed by atoms with van der Waals surface area (Å²) in [7, 11) is 0. The number of nitrogens with one attached hydrogen (secondary N) is 1. The van der Waals surface area contributed by atoms with Crippen molar-refractivity contribution >= 4 is 0 Å². The van der Waals surface area contributed by atoms with Gasteiger partial charge in [0.1, 0.15) is 12.4 Å². The van der Waals surface area contributed by atoms with Crippen molar-refractivity contribution in [2.45, 2.75) is 25.8 Å². The molecule has 1 heterocycles. The van der Waals surface area contributed by atoms with E-state index in [1.54, 1.807) is 0 Å². The van der Waals surface area contributed by atoms with E-state index in [9.17, 15) is 0 Å². The number of rotatable bonds is 7. The number of benzene rings is 1. The van der Waals surface area contributed by atoms with Gasteiger partial charge in [-0.3, -0.25) is 4.90 Å². The van der Waals surface area contributed by atoms with Crippen molar-refractivity contribution in [2.24, 2.45) is 0 Å². The third-order valence-electron chi connectivity index (χ3n) is 3.58. The molecule has 3 nitrogen and oxygen atoms in total. The number of likely N-dealkylation sites (N-methyl/N-ethyl adjacent to an activating group) is 1. The van der Waals surface area contributed by atoms with Crippen LogP contribution in [0, 0.1) is 0 Å². The smallest absolute Gasteiger partial charge is 0.119 e. The maximum Gasteiger partial charge on any atom is 0.119 e. The summed E-state index contributed by atoms with van der Waals surface area (Å²) in [4.78, 5) is 2.56. The maximum absolute atomic E-state index is 5.65. The van der Waals surface area contributed by atoms with E-state index >= 15 is 0 Å². The lowest BCUT2D eigenvalue weighted by molar-refractivity contribution is 0.251. The highest BCUT2D eigenvalue weighted by molar-refractivity contribution is 5.20. The van der Waals surface area contributed by atoms with E-state index < -0.39 is 0 Å². The molecular formula is C15H24N2O. The van der Waals surface area contributed by atoms with Crippen LogP contribution in [-0.2, 0) is 0 Å². The average molecular weight is 248 g/mol. The van der Waals surface area contributed by atoms with Gasteiger partial charge < -0.3 is 10.1 Å². The summed E-state index contributed by atoms with van der Waals surface area (Å²) in [5.41, 5.74) is 0. The van der Waals surface area contributed by atoms with Crippen LogP contribution < -0.4 is 10.1 Å². The third-order valence-corrected chi connectivity index (χ3v) is 3.58. The van der Waals surface area contributed by atoms with Crippen LogP contribution in [0.5, 0.6) is 5.75 Å². The van der Waals surface area contributed by atoms with Gasteiger partial charge in [-0.15, -0.1) is 0 Å². The number of hydrogen-bond donors (Lipinski definition) is 1. The van der Waals surface area contributed by atoms with Gasteiger partial charge in [0, 0.05) is 19.1 Å². The van der Waals surface area contributed by atoms with Crippen molar-refractivity contribution in [2.75, 3.05) is 32.8 Å². The minimum Gasteiger partial charge on any atom is -0.492 e. The van der Waals surface area contributed by atoms with Gasteiger partial charge >= 0.3 is 0 Å². The van der Waals surface area contributed by atoms with Crippen molar-refractivity contribution < 1.29 is 4.74 Å².